The van der Waals surface area contributed by atoms with E-state index in [1.807, 2.05) is 0 Å². The molecule has 0 aliphatic rings. The highest BCUT2D eigenvalue weighted by atomic mass is 19.2. The number of hydrogen-bond donors (Lipinski definition) is 2. The van der Waals surface area contributed by atoms with Crippen LogP contribution in [0.25, 0.3) is 0 Å². The van der Waals surface area contributed by atoms with Gasteiger partial charge in [-0.05, 0) is 13.0 Å². The fraction of sp³-hybridized carbons (Fsp3) is 0.538. The zero-order chi connectivity index (χ0) is 17.3. The molecule has 0 radical (unpaired) electrons. The standard InChI is InChI=1S/C7H4BF3O2.2C3H9N/c1-3-5(9)2-4(8(12)13)7(11)6(3)10;2*1-4(2)3/h2H,1H3;2*1-3H3/q-2;;/p+2. The minimum absolute atomic E-state index is 0.429. The van der Waals surface area contributed by atoms with Gasteiger partial charge in [0.25, 0.3) is 0 Å². The molecule has 0 atom stereocenters. The summed E-state index contributed by atoms with van der Waals surface area (Å²) in [5.41, 5.74) is -1.57. The van der Waals surface area contributed by atoms with Gasteiger partial charge >= 0.3 is 0 Å². The Morgan fingerprint density at radius 1 is 0.857 bits per heavy atom. The van der Waals surface area contributed by atoms with Gasteiger partial charge in [0.1, 0.15) is 11.6 Å². The normalized spacial score (nSPS) is 9.81. The molecule has 0 heterocycles. The molecule has 0 unspecified atom stereocenters. The van der Waals surface area contributed by atoms with Gasteiger partial charge in [-0.15, -0.1) is 0 Å². The molecule has 0 saturated carbocycles. The second kappa shape index (κ2) is 10.6. The van der Waals surface area contributed by atoms with Gasteiger partial charge in [0.05, 0.1) is 42.3 Å². The molecular formula is C13H24BF3N2O2. The molecule has 122 valence electrons. The number of rotatable bonds is 1. The first-order chi connectivity index (χ1) is 9.41. The van der Waals surface area contributed by atoms with Crippen LogP contribution in [0.15, 0.2) is 6.07 Å². The molecular weight excluding hydrogens is 284 g/mol. The van der Waals surface area contributed by atoms with E-state index in [1.165, 1.54) is 9.80 Å². The van der Waals surface area contributed by atoms with Crippen LogP contribution in [0.2, 0.25) is 0 Å². The van der Waals surface area contributed by atoms with Crippen molar-refractivity contribution in [2.45, 2.75) is 6.92 Å². The van der Waals surface area contributed by atoms with E-state index in [9.17, 15) is 23.2 Å². The monoisotopic (exact) mass is 308 g/mol. The highest BCUT2D eigenvalue weighted by Crippen LogP contribution is 2.12. The van der Waals surface area contributed by atoms with Gasteiger partial charge < -0.3 is 19.8 Å². The topological polar surface area (TPSA) is 55.0 Å². The first kappa shape index (κ1) is 22.2. The molecule has 0 fully saturated rings. The second-order valence-electron chi connectivity index (χ2n) is 5.53. The summed E-state index contributed by atoms with van der Waals surface area (Å²) in [6, 6.07) is 0.429. The lowest BCUT2D eigenvalue weighted by Crippen LogP contribution is -3.02. The highest BCUT2D eigenvalue weighted by molar-refractivity contribution is 6.55. The average molecular weight is 308 g/mol. The number of halogens is 3. The molecule has 1 rings (SSSR count). The lowest BCUT2D eigenvalue weighted by atomic mass is 9.79. The second-order valence-corrected chi connectivity index (χ2v) is 5.53. The first-order valence-corrected chi connectivity index (χ1v) is 6.40. The maximum atomic E-state index is 12.8. The molecule has 0 aromatic heterocycles. The van der Waals surface area contributed by atoms with E-state index in [0.717, 1.165) is 6.92 Å². The Bertz CT molecular complexity index is 419. The summed E-state index contributed by atoms with van der Waals surface area (Å²) in [5.74, 6) is -4.13. The summed E-state index contributed by atoms with van der Waals surface area (Å²) >= 11 is 0. The molecule has 0 spiro atoms. The van der Waals surface area contributed by atoms with Crippen LogP contribution < -0.4 is 25.3 Å². The predicted octanol–water partition coefficient (Wildman–Crippen LogP) is -3.65. The zero-order valence-corrected chi connectivity index (χ0v) is 13.6. The van der Waals surface area contributed by atoms with E-state index in [1.54, 1.807) is 0 Å². The van der Waals surface area contributed by atoms with Crippen molar-refractivity contribution in [3.05, 3.63) is 29.1 Å². The van der Waals surface area contributed by atoms with Gasteiger partial charge in [0.15, 0.2) is 5.82 Å². The molecule has 0 aliphatic carbocycles. The van der Waals surface area contributed by atoms with Crippen molar-refractivity contribution in [3.63, 3.8) is 0 Å². The molecule has 8 heteroatoms. The first-order valence-electron chi connectivity index (χ1n) is 6.40. The lowest BCUT2D eigenvalue weighted by molar-refractivity contribution is -0.836. The van der Waals surface area contributed by atoms with Crippen LogP contribution in [0.4, 0.5) is 13.2 Å². The van der Waals surface area contributed by atoms with Crippen molar-refractivity contribution >= 4 is 12.6 Å². The Balaban J connectivity index is 0. The molecule has 0 saturated heterocycles. The molecule has 21 heavy (non-hydrogen) atoms. The predicted molar refractivity (Wildman–Crippen MR) is 73.9 cm³/mol. The van der Waals surface area contributed by atoms with E-state index < -0.39 is 35.6 Å². The maximum absolute atomic E-state index is 12.8. The van der Waals surface area contributed by atoms with Gasteiger partial charge in [0.2, 0.25) is 0 Å². The van der Waals surface area contributed by atoms with Gasteiger partial charge in [-0.2, -0.15) is 0 Å². The zero-order valence-electron chi connectivity index (χ0n) is 13.6. The van der Waals surface area contributed by atoms with E-state index in [0.29, 0.717) is 6.07 Å². The van der Waals surface area contributed by atoms with Crippen molar-refractivity contribution in [3.8, 4) is 0 Å². The maximum Gasteiger partial charge on any atom is 0.163 e. The lowest BCUT2D eigenvalue weighted by Gasteiger charge is -2.27. The Hall–Kier alpha value is -1.09. The van der Waals surface area contributed by atoms with E-state index in [-0.39, 0.29) is 0 Å². The molecule has 1 aromatic carbocycles. The highest BCUT2D eigenvalue weighted by Gasteiger charge is 2.13. The van der Waals surface area contributed by atoms with E-state index in [2.05, 4.69) is 42.3 Å². The fourth-order valence-corrected chi connectivity index (χ4v) is 0.876. The van der Waals surface area contributed by atoms with Crippen molar-refractivity contribution < 1.29 is 33.0 Å². The number of hydrogen-bond acceptors (Lipinski definition) is 2. The molecule has 1 aromatic rings. The number of quaternary nitrogens is 2. The summed E-state index contributed by atoms with van der Waals surface area (Å²) in [5, 5.41) is 20.5. The third-order valence-electron chi connectivity index (χ3n) is 1.67. The van der Waals surface area contributed by atoms with Crippen LogP contribution in [0.1, 0.15) is 5.56 Å². The van der Waals surface area contributed by atoms with E-state index >= 15 is 0 Å². The minimum atomic E-state index is -2.72. The van der Waals surface area contributed by atoms with Crippen LogP contribution in [0.3, 0.4) is 0 Å². The molecule has 0 bridgehead atoms. The largest absolute Gasteiger partial charge is 0.889 e. The van der Waals surface area contributed by atoms with Gasteiger partial charge in [-0.3, -0.25) is 0 Å². The fourth-order valence-electron chi connectivity index (χ4n) is 0.876. The van der Waals surface area contributed by atoms with Crippen LogP contribution in [0.5, 0.6) is 0 Å². The summed E-state index contributed by atoms with van der Waals surface area (Å²) in [7, 11) is 9.78. The SMILES string of the molecule is C[NH+](C)C.C[NH+](C)C.Cc1c(F)cc(B([O-])[O-])c(F)c1F. The van der Waals surface area contributed by atoms with Crippen molar-refractivity contribution in [1.29, 1.82) is 0 Å². The van der Waals surface area contributed by atoms with E-state index in [4.69, 9.17) is 0 Å². The molecule has 0 aliphatic heterocycles. The number of benzene rings is 1. The van der Waals surface area contributed by atoms with Gasteiger partial charge in [-0.25, -0.2) is 13.2 Å². The molecule has 2 N–H and O–H groups in total. The summed E-state index contributed by atoms with van der Waals surface area (Å²) in [4.78, 5) is 2.83. The van der Waals surface area contributed by atoms with Crippen molar-refractivity contribution in [2.24, 2.45) is 0 Å². The van der Waals surface area contributed by atoms with Crippen LogP contribution in [0, 0.1) is 24.4 Å². The van der Waals surface area contributed by atoms with Crippen LogP contribution in [-0.2, 0) is 0 Å². The van der Waals surface area contributed by atoms with Crippen molar-refractivity contribution in [1.82, 2.24) is 0 Å². The quantitative estimate of drug-likeness (QED) is 0.415. The van der Waals surface area contributed by atoms with Gasteiger partial charge in [-0.1, -0.05) is 12.6 Å². The van der Waals surface area contributed by atoms with Gasteiger partial charge in [0, 0.05) is 5.56 Å². The van der Waals surface area contributed by atoms with Crippen LogP contribution in [-0.4, -0.2) is 49.4 Å². The van der Waals surface area contributed by atoms with Crippen molar-refractivity contribution in [2.75, 3.05) is 42.3 Å². The third kappa shape index (κ3) is 10.3. The Morgan fingerprint density at radius 2 is 1.19 bits per heavy atom. The average Bonchev–Trinajstić information content (AvgIpc) is 2.29. The third-order valence-corrected chi connectivity index (χ3v) is 1.67. The Morgan fingerprint density at radius 3 is 1.48 bits per heavy atom. The Kier molecular flexibility index (Phi) is 11.2. The number of nitrogens with one attached hydrogen (secondary N) is 2. The summed E-state index contributed by atoms with van der Waals surface area (Å²) in [6.07, 6.45) is 0. The molecule has 4 nitrogen and oxygen atoms in total. The smallest absolute Gasteiger partial charge is 0.163 e. The Labute approximate surface area is 124 Å². The minimum Gasteiger partial charge on any atom is -0.889 e. The molecule has 0 amide bonds. The summed E-state index contributed by atoms with van der Waals surface area (Å²) in [6.45, 7) is 1.02. The van der Waals surface area contributed by atoms with Crippen LogP contribution >= 0.6 is 0 Å². The summed E-state index contributed by atoms with van der Waals surface area (Å²) < 4.78 is 38.2.